The Balaban J connectivity index is 1.85. The quantitative estimate of drug-likeness (QED) is 0.669. The highest BCUT2D eigenvalue weighted by atomic mass is 16.5. The van der Waals surface area contributed by atoms with E-state index in [0.717, 1.165) is 11.8 Å². The van der Waals surface area contributed by atoms with Crippen molar-refractivity contribution in [3.63, 3.8) is 0 Å². The van der Waals surface area contributed by atoms with Crippen molar-refractivity contribution >= 4 is 0 Å². The lowest BCUT2D eigenvalue weighted by Gasteiger charge is -2.43. The second kappa shape index (κ2) is 7.10. The fraction of sp³-hybridized carbons (Fsp3) is 0.750. The lowest BCUT2D eigenvalue weighted by molar-refractivity contribution is -0.0695. The van der Waals surface area contributed by atoms with E-state index in [2.05, 4.69) is 13.2 Å². The zero-order chi connectivity index (χ0) is 12.8. The van der Waals surface area contributed by atoms with Crippen LogP contribution in [0.1, 0.15) is 38.5 Å². The molecular weight excluding hydrogens is 224 g/mol. The van der Waals surface area contributed by atoms with E-state index in [1.165, 1.54) is 38.5 Å². The predicted octanol–water partition coefficient (Wildman–Crippen LogP) is 3.73. The number of hydrogen-bond donors (Lipinski definition) is 0. The van der Waals surface area contributed by atoms with Crippen LogP contribution in [0.15, 0.2) is 25.3 Å². The summed E-state index contributed by atoms with van der Waals surface area (Å²) >= 11 is 0. The largest absolute Gasteiger partial charge is 0.374 e. The molecule has 2 heteroatoms. The van der Waals surface area contributed by atoms with Crippen molar-refractivity contribution in [3.05, 3.63) is 25.3 Å². The molecule has 2 rings (SSSR count). The lowest BCUT2D eigenvalue weighted by Crippen LogP contribution is -2.40. The van der Waals surface area contributed by atoms with Crippen molar-refractivity contribution in [3.8, 4) is 0 Å². The van der Waals surface area contributed by atoms with Gasteiger partial charge in [0.25, 0.3) is 0 Å². The molecule has 0 aromatic heterocycles. The summed E-state index contributed by atoms with van der Waals surface area (Å²) in [6.07, 6.45) is 12.2. The Morgan fingerprint density at radius 3 is 2.50 bits per heavy atom. The minimum Gasteiger partial charge on any atom is -0.374 e. The molecule has 0 spiro atoms. The molecule has 4 unspecified atom stereocenters. The van der Waals surface area contributed by atoms with E-state index in [9.17, 15) is 0 Å². The highest BCUT2D eigenvalue weighted by molar-refractivity contribution is 4.89. The van der Waals surface area contributed by atoms with Crippen LogP contribution >= 0.6 is 0 Å². The summed E-state index contributed by atoms with van der Waals surface area (Å²) in [6, 6.07) is 0. The van der Waals surface area contributed by atoms with Crippen molar-refractivity contribution in [2.24, 2.45) is 11.8 Å². The van der Waals surface area contributed by atoms with E-state index in [1.54, 1.807) is 0 Å². The number of ether oxygens (including phenoxy) is 2. The number of rotatable bonds is 6. The Morgan fingerprint density at radius 2 is 1.72 bits per heavy atom. The zero-order valence-corrected chi connectivity index (χ0v) is 11.4. The molecule has 2 aliphatic rings. The van der Waals surface area contributed by atoms with Gasteiger partial charge in [-0.3, -0.25) is 0 Å². The van der Waals surface area contributed by atoms with Gasteiger partial charge in [0.2, 0.25) is 0 Å². The summed E-state index contributed by atoms with van der Waals surface area (Å²) in [5.74, 6) is 1.56. The Bertz CT molecular complexity index is 274. The molecule has 0 amide bonds. The molecule has 2 nitrogen and oxygen atoms in total. The standard InChI is InChI=1S/C16H26O2/c1-3-10-17-14-8-9-15-13(12-14)6-5-7-16(15)18-11-4-2/h3-4,13-16H,1-2,5-12H2. The Kier molecular flexibility index (Phi) is 5.45. The molecule has 0 bridgehead atoms. The van der Waals surface area contributed by atoms with Gasteiger partial charge in [-0.2, -0.15) is 0 Å². The molecular formula is C16H26O2. The highest BCUT2D eigenvalue weighted by Gasteiger charge is 2.38. The monoisotopic (exact) mass is 250 g/mol. The van der Waals surface area contributed by atoms with Crippen LogP contribution in [0.5, 0.6) is 0 Å². The Morgan fingerprint density at radius 1 is 0.944 bits per heavy atom. The molecule has 2 fully saturated rings. The maximum absolute atomic E-state index is 5.94. The predicted molar refractivity (Wildman–Crippen MR) is 74.6 cm³/mol. The normalized spacial score (nSPS) is 35.8. The highest BCUT2D eigenvalue weighted by Crippen LogP contribution is 2.42. The SMILES string of the molecule is C=CCOC1CCC2C(CCCC2OCC=C)C1. The van der Waals surface area contributed by atoms with Gasteiger partial charge >= 0.3 is 0 Å². The molecule has 4 atom stereocenters. The van der Waals surface area contributed by atoms with Gasteiger partial charge in [-0.1, -0.05) is 18.6 Å². The molecule has 102 valence electrons. The third-order valence-electron chi connectivity index (χ3n) is 4.41. The van der Waals surface area contributed by atoms with Crippen molar-refractivity contribution in [2.75, 3.05) is 13.2 Å². The number of hydrogen-bond acceptors (Lipinski definition) is 2. The van der Waals surface area contributed by atoms with Crippen LogP contribution in [0.3, 0.4) is 0 Å². The first kappa shape index (κ1) is 13.8. The molecule has 0 aromatic carbocycles. The van der Waals surface area contributed by atoms with Crippen LogP contribution in [0.4, 0.5) is 0 Å². The van der Waals surface area contributed by atoms with E-state index < -0.39 is 0 Å². The molecule has 0 aliphatic heterocycles. The number of fused-ring (bicyclic) bond motifs is 1. The van der Waals surface area contributed by atoms with E-state index in [-0.39, 0.29) is 0 Å². The fourth-order valence-electron chi connectivity index (χ4n) is 3.62. The van der Waals surface area contributed by atoms with Crippen molar-refractivity contribution < 1.29 is 9.47 Å². The van der Waals surface area contributed by atoms with Crippen LogP contribution in [-0.4, -0.2) is 25.4 Å². The van der Waals surface area contributed by atoms with Crippen molar-refractivity contribution in [1.29, 1.82) is 0 Å². The maximum atomic E-state index is 5.94. The molecule has 0 aromatic rings. The van der Waals surface area contributed by atoms with E-state index in [0.29, 0.717) is 25.4 Å². The lowest BCUT2D eigenvalue weighted by atomic mass is 9.68. The van der Waals surface area contributed by atoms with Crippen molar-refractivity contribution in [2.45, 2.75) is 50.7 Å². The molecule has 0 heterocycles. The molecule has 0 radical (unpaired) electrons. The first-order chi connectivity index (χ1) is 8.85. The van der Waals surface area contributed by atoms with Gasteiger partial charge < -0.3 is 9.47 Å². The first-order valence-electron chi connectivity index (χ1n) is 7.30. The minimum atomic E-state index is 0.447. The molecule has 2 aliphatic carbocycles. The first-order valence-corrected chi connectivity index (χ1v) is 7.30. The van der Waals surface area contributed by atoms with E-state index >= 15 is 0 Å². The van der Waals surface area contributed by atoms with Crippen LogP contribution in [0.25, 0.3) is 0 Å². The third kappa shape index (κ3) is 3.46. The second-order valence-electron chi connectivity index (χ2n) is 5.57. The summed E-state index contributed by atoms with van der Waals surface area (Å²) in [6.45, 7) is 8.85. The average Bonchev–Trinajstić information content (AvgIpc) is 2.42. The van der Waals surface area contributed by atoms with Gasteiger partial charge in [-0.05, 0) is 43.9 Å². The second-order valence-corrected chi connectivity index (χ2v) is 5.57. The summed E-state index contributed by atoms with van der Waals surface area (Å²) in [5, 5.41) is 0. The Hall–Kier alpha value is -0.600. The van der Waals surface area contributed by atoms with Gasteiger partial charge in [0.15, 0.2) is 0 Å². The summed E-state index contributed by atoms with van der Waals surface area (Å²) in [5.41, 5.74) is 0. The van der Waals surface area contributed by atoms with Crippen LogP contribution < -0.4 is 0 Å². The molecule has 0 saturated heterocycles. The van der Waals surface area contributed by atoms with Gasteiger partial charge in [0, 0.05) is 0 Å². The summed E-state index contributed by atoms with van der Waals surface area (Å²) in [7, 11) is 0. The van der Waals surface area contributed by atoms with Gasteiger partial charge in [-0.15, -0.1) is 13.2 Å². The topological polar surface area (TPSA) is 18.5 Å². The molecule has 18 heavy (non-hydrogen) atoms. The Labute approximate surface area is 111 Å². The van der Waals surface area contributed by atoms with E-state index in [4.69, 9.17) is 9.47 Å². The van der Waals surface area contributed by atoms with Crippen LogP contribution in [0.2, 0.25) is 0 Å². The third-order valence-corrected chi connectivity index (χ3v) is 4.41. The molecule has 0 N–H and O–H groups in total. The van der Waals surface area contributed by atoms with Gasteiger partial charge in [0.1, 0.15) is 0 Å². The summed E-state index contributed by atoms with van der Waals surface area (Å²) < 4.78 is 11.8. The minimum absolute atomic E-state index is 0.447. The maximum Gasteiger partial charge on any atom is 0.0648 e. The van der Waals surface area contributed by atoms with Crippen LogP contribution in [0, 0.1) is 11.8 Å². The van der Waals surface area contributed by atoms with Gasteiger partial charge in [-0.25, -0.2) is 0 Å². The summed E-state index contributed by atoms with van der Waals surface area (Å²) in [4.78, 5) is 0. The zero-order valence-electron chi connectivity index (χ0n) is 11.4. The molecule has 2 saturated carbocycles. The van der Waals surface area contributed by atoms with E-state index in [1.807, 2.05) is 12.2 Å². The van der Waals surface area contributed by atoms with Crippen LogP contribution in [-0.2, 0) is 9.47 Å². The van der Waals surface area contributed by atoms with Crippen molar-refractivity contribution in [1.82, 2.24) is 0 Å². The fourth-order valence-corrected chi connectivity index (χ4v) is 3.62. The van der Waals surface area contributed by atoms with Gasteiger partial charge in [0.05, 0.1) is 25.4 Å². The average molecular weight is 250 g/mol. The smallest absolute Gasteiger partial charge is 0.0648 e.